The van der Waals surface area contributed by atoms with E-state index in [1.165, 1.54) is 12.1 Å². The molecule has 0 saturated carbocycles. The molecule has 0 atom stereocenters. The van der Waals surface area contributed by atoms with Crippen LogP contribution in [0, 0.1) is 12.7 Å². The quantitative estimate of drug-likeness (QED) is 0.632. The van der Waals surface area contributed by atoms with Gasteiger partial charge in [-0.05, 0) is 55.2 Å². The maximum atomic E-state index is 12.9. The van der Waals surface area contributed by atoms with Gasteiger partial charge in [0.05, 0.1) is 11.4 Å². The van der Waals surface area contributed by atoms with Crippen molar-refractivity contribution in [1.29, 1.82) is 0 Å². The second kappa shape index (κ2) is 7.17. The standard InChI is InChI=1S/C19H18FN3O2/c1-12-17(18(19(24)25)23-22-12)21-16-10-6-14(7-11-16)3-2-13-4-8-15(20)9-5-13/h4-11,21H,2-3H2,1H3,(H,22,23)(H,24,25). The molecule has 3 aromatic rings. The fourth-order valence-electron chi connectivity index (χ4n) is 2.58. The van der Waals surface area contributed by atoms with E-state index in [9.17, 15) is 9.18 Å². The third-order valence-electron chi connectivity index (χ3n) is 4.00. The molecular formula is C19H18FN3O2. The van der Waals surface area contributed by atoms with E-state index in [1.54, 1.807) is 19.1 Å². The first-order valence-electron chi connectivity index (χ1n) is 7.91. The van der Waals surface area contributed by atoms with Gasteiger partial charge in [-0.15, -0.1) is 0 Å². The molecule has 0 saturated heterocycles. The summed E-state index contributed by atoms with van der Waals surface area (Å²) in [7, 11) is 0. The van der Waals surface area contributed by atoms with Crippen molar-refractivity contribution in [3.63, 3.8) is 0 Å². The number of anilines is 2. The van der Waals surface area contributed by atoms with Gasteiger partial charge < -0.3 is 10.4 Å². The Morgan fingerprint density at radius 1 is 1.08 bits per heavy atom. The van der Waals surface area contributed by atoms with Gasteiger partial charge in [-0.3, -0.25) is 5.10 Å². The molecule has 128 valence electrons. The molecule has 2 aromatic carbocycles. The number of H-pyrrole nitrogens is 1. The highest BCUT2D eigenvalue weighted by Crippen LogP contribution is 2.23. The number of hydrogen-bond acceptors (Lipinski definition) is 3. The van der Waals surface area contributed by atoms with Crippen LogP contribution in [0.15, 0.2) is 48.5 Å². The van der Waals surface area contributed by atoms with Gasteiger partial charge >= 0.3 is 5.97 Å². The number of aromatic nitrogens is 2. The van der Waals surface area contributed by atoms with Crippen LogP contribution in [-0.4, -0.2) is 21.3 Å². The topological polar surface area (TPSA) is 78.0 Å². The molecule has 3 N–H and O–H groups in total. The van der Waals surface area contributed by atoms with Crippen molar-refractivity contribution in [2.45, 2.75) is 19.8 Å². The summed E-state index contributed by atoms with van der Waals surface area (Å²) in [5.74, 6) is -1.28. The average Bonchev–Trinajstić information content (AvgIpc) is 2.97. The lowest BCUT2D eigenvalue weighted by Crippen LogP contribution is -2.02. The molecule has 5 nitrogen and oxygen atoms in total. The number of halogens is 1. The second-order valence-corrected chi connectivity index (χ2v) is 5.81. The molecule has 0 aliphatic carbocycles. The summed E-state index contributed by atoms with van der Waals surface area (Å²) in [5, 5.41) is 18.7. The van der Waals surface area contributed by atoms with Gasteiger partial charge in [0.15, 0.2) is 5.69 Å². The number of benzene rings is 2. The van der Waals surface area contributed by atoms with Crippen molar-refractivity contribution in [2.24, 2.45) is 0 Å². The molecule has 0 bridgehead atoms. The normalized spacial score (nSPS) is 10.6. The third-order valence-corrected chi connectivity index (χ3v) is 4.00. The van der Waals surface area contributed by atoms with Crippen LogP contribution in [0.2, 0.25) is 0 Å². The van der Waals surface area contributed by atoms with Gasteiger partial charge in [0.2, 0.25) is 0 Å². The highest BCUT2D eigenvalue weighted by molar-refractivity contribution is 5.93. The van der Waals surface area contributed by atoms with Crippen LogP contribution in [0.25, 0.3) is 0 Å². The number of nitrogens with one attached hydrogen (secondary N) is 2. The van der Waals surface area contributed by atoms with E-state index in [4.69, 9.17) is 5.11 Å². The summed E-state index contributed by atoms with van der Waals surface area (Å²) in [6, 6.07) is 14.3. The lowest BCUT2D eigenvalue weighted by molar-refractivity contribution is 0.0691. The first kappa shape index (κ1) is 16.7. The van der Waals surface area contributed by atoms with Crippen molar-refractivity contribution in [3.8, 4) is 0 Å². The van der Waals surface area contributed by atoms with Crippen molar-refractivity contribution in [1.82, 2.24) is 10.2 Å². The zero-order valence-electron chi connectivity index (χ0n) is 13.7. The lowest BCUT2D eigenvalue weighted by atomic mass is 10.0. The summed E-state index contributed by atoms with van der Waals surface area (Å²) in [6.07, 6.45) is 1.67. The molecule has 0 unspecified atom stereocenters. The lowest BCUT2D eigenvalue weighted by Gasteiger charge is -2.08. The van der Waals surface area contributed by atoms with Crippen molar-refractivity contribution < 1.29 is 14.3 Å². The largest absolute Gasteiger partial charge is 0.476 e. The number of hydrogen-bond donors (Lipinski definition) is 3. The number of aryl methyl sites for hydroxylation is 3. The van der Waals surface area contributed by atoms with Crippen LogP contribution in [0.5, 0.6) is 0 Å². The van der Waals surface area contributed by atoms with E-state index >= 15 is 0 Å². The molecular weight excluding hydrogens is 321 g/mol. The Morgan fingerprint density at radius 2 is 1.64 bits per heavy atom. The van der Waals surface area contributed by atoms with E-state index in [2.05, 4.69) is 15.5 Å². The van der Waals surface area contributed by atoms with E-state index in [0.29, 0.717) is 11.4 Å². The molecule has 1 aromatic heterocycles. The van der Waals surface area contributed by atoms with E-state index < -0.39 is 5.97 Å². The Kier molecular flexibility index (Phi) is 4.79. The number of carbonyl (C=O) groups is 1. The van der Waals surface area contributed by atoms with Crippen molar-refractivity contribution in [2.75, 3.05) is 5.32 Å². The van der Waals surface area contributed by atoms with E-state index in [-0.39, 0.29) is 11.5 Å². The molecule has 6 heteroatoms. The number of rotatable bonds is 6. The first-order chi connectivity index (χ1) is 12.0. The zero-order valence-corrected chi connectivity index (χ0v) is 13.7. The van der Waals surface area contributed by atoms with Gasteiger partial charge in [0, 0.05) is 5.69 Å². The monoisotopic (exact) mass is 339 g/mol. The summed E-state index contributed by atoms with van der Waals surface area (Å²) < 4.78 is 12.9. The number of carboxylic acids is 1. The summed E-state index contributed by atoms with van der Waals surface area (Å²) in [5.41, 5.74) is 4.13. The highest BCUT2D eigenvalue weighted by atomic mass is 19.1. The second-order valence-electron chi connectivity index (χ2n) is 5.81. The van der Waals surface area contributed by atoms with E-state index in [1.807, 2.05) is 24.3 Å². The maximum Gasteiger partial charge on any atom is 0.356 e. The van der Waals surface area contributed by atoms with Gasteiger partial charge in [-0.1, -0.05) is 24.3 Å². The molecule has 0 fully saturated rings. The average molecular weight is 339 g/mol. The molecule has 0 aliphatic heterocycles. The summed E-state index contributed by atoms with van der Waals surface area (Å²) >= 11 is 0. The van der Waals surface area contributed by atoms with Crippen molar-refractivity contribution >= 4 is 17.3 Å². The van der Waals surface area contributed by atoms with Gasteiger partial charge in [-0.25, -0.2) is 9.18 Å². The Bertz CT molecular complexity index is 871. The van der Waals surface area contributed by atoms with Gasteiger partial charge in [0.1, 0.15) is 5.82 Å². The molecule has 0 amide bonds. The number of aromatic carboxylic acids is 1. The van der Waals surface area contributed by atoms with E-state index in [0.717, 1.165) is 29.7 Å². The molecule has 25 heavy (non-hydrogen) atoms. The summed E-state index contributed by atoms with van der Waals surface area (Å²) in [6.45, 7) is 1.74. The zero-order chi connectivity index (χ0) is 17.8. The molecule has 1 heterocycles. The first-order valence-corrected chi connectivity index (χ1v) is 7.91. The minimum absolute atomic E-state index is 0.0397. The Morgan fingerprint density at radius 3 is 2.20 bits per heavy atom. The number of aromatic amines is 1. The fourth-order valence-corrected chi connectivity index (χ4v) is 2.58. The fraction of sp³-hybridized carbons (Fsp3) is 0.158. The number of carboxylic acid groups (broad SMARTS) is 1. The van der Waals surface area contributed by atoms with Crippen LogP contribution in [0.3, 0.4) is 0 Å². The van der Waals surface area contributed by atoms with Gasteiger partial charge in [-0.2, -0.15) is 5.10 Å². The minimum Gasteiger partial charge on any atom is -0.476 e. The molecule has 0 radical (unpaired) electrons. The van der Waals surface area contributed by atoms with Gasteiger partial charge in [0.25, 0.3) is 0 Å². The smallest absolute Gasteiger partial charge is 0.356 e. The Labute approximate surface area is 144 Å². The predicted molar refractivity (Wildman–Crippen MR) is 93.8 cm³/mol. The highest BCUT2D eigenvalue weighted by Gasteiger charge is 2.16. The van der Waals surface area contributed by atoms with Crippen LogP contribution in [0.1, 0.15) is 27.3 Å². The minimum atomic E-state index is -1.06. The van der Waals surface area contributed by atoms with Crippen LogP contribution in [-0.2, 0) is 12.8 Å². The predicted octanol–water partition coefficient (Wildman–Crippen LogP) is 4.08. The SMILES string of the molecule is Cc1n[nH]c(C(=O)O)c1Nc1ccc(CCc2ccc(F)cc2)cc1. The summed E-state index contributed by atoms with van der Waals surface area (Å²) in [4.78, 5) is 11.2. The molecule has 3 rings (SSSR count). The Hall–Kier alpha value is -3.15. The maximum absolute atomic E-state index is 12.9. The number of nitrogens with zero attached hydrogens (tertiary/aromatic N) is 1. The Balaban J connectivity index is 1.65. The van der Waals surface area contributed by atoms with Crippen LogP contribution >= 0.6 is 0 Å². The van der Waals surface area contributed by atoms with Crippen LogP contribution < -0.4 is 5.32 Å². The van der Waals surface area contributed by atoms with Crippen LogP contribution in [0.4, 0.5) is 15.8 Å². The van der Waals surface area contributed by atoms with Crippen molar-refractivity contribution in [3.05, 3.63) is 76.9 Å². The molecule has 0 aliphatic rings. The third kappa shape index (κ3) is 4.03. The molecule has 0 spiro atoms.